The second-order valence-corrected chi connectivity index (χ2v) is 13.7. The first-order valence-corrected chi connectivity index (χ1v) is 17.8. The van der Waals surface area contributed by atoms with E-state index in [1.807, 2.05) is 0 Å². The SMILES string of the molecule is O=C(CNc1cccc(C(=O)N(C(=O)c2cccc(NCC(=O)c3ccc(F)cc3)c2F)c2c(Br)cc(C(F)(F)C(F)(F)C(F)(F)F)cc2C(F)(F)F)c1F)c1ccc(F)cc1. The molecule has 0 saturated carbocycles. The van der Waals surface area contributed by atoms with Crippen molar-refractivity contribution >= 4 is 56.4 Å². The van der Waals surface area contributed by atoms with Crippen LogP contribution in [0.1, 0.15) is 52.6 Å². The van der Waals surface area contributed by atoms with Crippen LogP contribution in [0, 0.1) is 23.3 Å². The lowest BCUT2D eigenvalue weighted by Gasteiger charge is -2.31. The van der Waals surface area contributed by atoms with Crippen molar-refractivity contribution in [1.82, 2.24) is 0 Å². The smallest absolute Gasteiger partial charge is 0.375 e. The molecule has 0 aromatic heterocycles. The standard InChI is InChI=1S/C40H22BrF14N3O4/c41-27-16-21(37(46,47)39(51,52)40(53,54)55)15-26(38(48,49)50)34(27)58(35(61)24-3-1-5-28(32(24)44)56-17-30(59)19-7-11-22(42)12-8-19)36(62)25-4-2-6-29(33(25)45)57-18-31(60)20-9-13-23(43)14-10-20/h1-16,56-57H,17-18H2. The molecule has 0 aliphatic carbocycles. The van der Waals surface area contributed by atoms with Gasteiger partial charge in [0.2, 0.25) is 0 Å². The molecule has 0 heterocycles. The zero-order valence-corrected chi connectivity index (χ0v) is 32.0. The summed E-state index contributed by atoms with van der Waals surface area (Å²) in [4.78, 5) is 53.1. The van der Waals surface area contributed by atoms with Gasteiger partial charge >= 0.3 is 24.2 Å². The third-order valence-corrected chi connectivity index (χ3v) is 9.39. The molecular weight excluding hydrogens is 932 g/mol. The number of halogens is 15. The van der Waals surface area contributed by atoms with Crippen LogP contribution in [0.5, 0.6) is 0 Å². The molecule has 0 radical (unpaired) electrons. The summed E-state index contributed by atoms with van der Waals surface area (Å²) in [7, 11) is 0. The third kappa shape index (κ3) is 9.43. The number of nitrogens with one attached hydrogen (secondary N) is 2. The number of rotatable bonds is 13. The Morgan fingerprint density at radius 1 is 0.565 bits per heavy atom. The van der Waals surface area contributed by atoms with Gasteiger partial charge in [-0.1, -0.05) is 12.1 Å². The number of anilines is 3. The average Bonchev–Trinajstić information content (AvgIpc) is 3.19. The number of ketones is 2. The van der Waals surface area contributed by atoms with Crippen molar-refractivity contribution in [2.75, 3.05) is 28.6 Å². The van der Waals surface area contributed by atoms with Crippen molar-refractivity contribution in [3.05, 3.63) is 158 Å². The van der Waals surface area contributed by atoms with Gasteiger partial charge in [0, 0.05) is 21.2 Å². The zero-order chi connectivity index (χ0) is 46.1. The molecule has 0 atom stereocenters. The van der Waals surface area contributed by atoms with Gasteiger partial charge in [-0.2, -0.15) is 43.9 Å². The summed E-state index contributed by atoms with van der Waals surface area (Å²) >= 11 is 2.34. The highest BCUT2D eigenvalue weighted by Crippen LogP contribution is 2.54. The first-order valence-electron chi connectivity index (χ1n) is 17.0. The number of imide groups is 1. The molecule has 2 N–H and O–H groups in total. The summed E-state index contributed by atoms with van der Waals surface area (Å²) in [6, 6.07) is 11.3. The van der Waals surface area contributed by atoms with Crippen LogP contribution in [0.3, 0.4) is 0 Å². The number of Topliss-reactive ketones (excluding diaryl/α,β-unsaturated/α-hetero) is 2. The van der Waals surface area contributed by atoms with Gasteiger partial charge in [-0.15, -0.1) is 0 Å². The van der Waals surface area contributed by atoms with E-state index in [1.54, 1.807) is 0 Å². The summed E-state index contributed by atoms with van der Waals surface area (Å²) in [5.74, 6) is -24.1. The Morgan fingerprint density at radius 3 is 1.34 bits per heavy atom. The van der Waals surface area contributed by atoms with E-state index in [2.05, 4.69) is 26.6 Å². The molecule has 2 amide bonds. The third-order valence-electron chi connectivity index (χ3n) is 8.78. The second-order valence-electron chi connectivity index (χ2n) is 12.8. The van der Waals surface area contributed by atoms with Gasteiger partial charge in [0.05, 0.1) is 46.8 Å². The van der Waals surface area contributed by atoms with Crippen molar-refractivity contribution in [3.8, 4) is 0 Å². The van der Waals surface area contributed by atoms with Crippen LogP contribution in [0.2, 0.25) is 0 Å². The van der Waals surface area contributed by atoms with Gasteiger partial charge in [0.25, 0.3) is 11.8 Å². The van der Waals surface area contributed by atoms with Crippen LogP contribution in [0.25, 0.3) is 0 Å². The molecule has 22 heteroatoms. The van der Waals surface area contributed by atoms with Crippen LogP contribution < -0.4 is 15.5 Å². The minimum atomic E-state index is -7.03. The Kier molecular flexibility index (Phi) is 13.3. The molecule has 5 aromatic carbocycles. The van der Waals surface area contributed by atoms with Gasteiger partial charge in [0.15, 0.2) is 23.2 Å². The molecule has 326 valence electrons. The molecule has 0 aliphatic rings. The summed E-state index contributed by atoms with van der Waals surface area (Å²) in [5.41, 5.74) is -11.5. The van der Waals surface area contributed by atoms with E-state index in [0.29, 0.717) is 12.1 Å². The normalized spacial score (nSPS) is 12.2. The highest BCUT2D eigenvalue weighted by molar-refractivity contribution is 9.10. The number of benzene rings is 5. The Balaban J connectivity index is 1.65. The van der Waals surface area contributed by atoms with E-state index in [9.17, 15) is 71.9 Å². The first-order chi connectivity index (χ1) is 28.8. The number of hydrogen-bond donors (Lipinski definition) is 2. The van der Waals surface area contributed by atoms with Crippen molar-refractivity contribution in [3.63, 3.8) is 0 Å². The number of amides is 2. The summed E-state index contributed by atoms with van der Waals surface area (Å²) in [6.07, 6.45) is -13.1. The maximum absolute atomic E-state index is 16.1. The minimum Gasteiger partial charge on any atom is -0.375 e. The number of nitrogens with zero attached hydrogens (tertiary/aromatic N) is 1. The van der Waals surface area contributed by atoms with E-state index in [4.69, 9.17) is 0 Å². The fourth-order valence-electron chi connectivity index (χ4n) is 5.61. The maximum atomic E-state index is 16.1. The fourth-order valence-corrected chi connectivity index (χ4v) is 6.25. The van der Waals surface area contributed by atoms with E-state index in [0.717, 1.165) is 72.8 Å². The number of carbonyl (C=O) groups excluding carboxylic acids is 4. The number of carbonyl (C=O) groups is 4. The van der Waals surface area contributed by atoms with Crippen LogP contribution in [-0.2, 0) is 12.1 Å². The highest BCUT2D eigenvalue weighted by Gasteiger charge is 2.73. The van der Waals surface area contributed by atoms with Crippen LogP contribution in [-0.4, -0.2) is 48.6 Å². The zero-order valence-electron chi connectivity index (χ0n) is 30.4. The first kappa shape index (κ1) is 46.7. The molecule has 0 saturated heterocycles. The van der Waals surface area contributed by atoms with E-state index >= 15 is 8.78 Å². The average molecular weight is 955 g/mol. The monoisotopic (exact) mass is 953 g/mol. The van der Waals surface area contributed by atoms with Crippen molar-refractivity contribution in [1.29, 1.82) is 0 Å². The molecule has 0 unspecified atom stereocenters. The Bertz CT molecular complexity index is 2420. The number of hydrogen-bond acceptors (Lipinski definition) is 6. The molecule has 5 aromatic rings. The Hall–Kier alpha value is -6.32. The molecular formula is C40H22BrF14N3O4. The van der Waals surface area contributed by atoms with E-state index in [1.165, 1.54) is 0 Å². The Morgan fingerprint density at radius 2 is 0.968 bits per heavy atom. The molecule has 5 rings (SSSR count). The van der Waals surface area contributed by atoms with Crippen LogP contribution in [0.15, 0.2) is 102 Å². The maximum Gasteiger partial charge on any atom is 0.460 e. The molecule has 7 nitrogen and oxygen atoms in total. The fraction of sp³-hybridized carbons (Fsp3) is 0.150. The summed E-state index contributed by atoms with van der Waals surface area (Å²) in [6.45, 7) is -1.53. The van der Waals surface area contributed by atoms with Crippen molar-refractivity contribution in [2.45, 2.75) is 24.2 Å². The molecule has 0 bridgehead atoms. The van der Waals surface area contributed by atoms with E-state index in [-0.39, 0.29) is 11.1 Å². The van der Waals surface area contributed by atoms with Gasteiger partial charge in [0.1, 0.15) is 11.6 Å². The van der Waals surface area contributed by atoms with Crippen LogP contribution in [0.4, 0.5) is 78.5 Å². The van der Waals surface area contributed by atoms with Gasteiger partial charge in [-0.25, -0.2) is 22.5 Å². The molecule has 0 spiro atoms. The molecule has 62 heavy (non-hydrogen) atoms. The van der Waals surface area contributed by atoms with Gasteiger partial charge in [-0.05, 0) is 101 Å². The largest absolute Gasteiger partial charge is 0.460 e. The topological polar surface area (TPSA) is 95.6 Å². The second kappa shape index (κ2) is 17.6. The lowest BCUT2D eigenvalue weighted by atomic mass is 9.97. The predicted molar refractivity (Wildman–Crippen MR) is 196 cm³/mol. The molecule has 0 aliphatic heterocycles. The van der Waals surface area contributed by atoms with Crippen LogP contribution >= 0.6 is 15.9 Å². The van der Waals surface area contributed by atoms with Gasteiger partial charge in [-0.3, -0.25) is 19.2 Å². The lowest BCUT2D eigenvalue weighted by molar-refractivity contribution is -0.359. The lowest BCUT2D eigenvalue weighted by Crippen LogP contribution is -2.50. The molecule has 0 fully saturated rings. The quantitative estimate of drug-likeness (QED) is 0.0693. The predicted octanol–water partition coefficient (Wildman–Crippen LogP) is 11.4. The Labute approximate surface area is 347 Å². The van der Waals surface area contributed by atoms with Crippen molar-refractivity contribution < 1.29 is 80.6 Å². The number of alkyl halides is 10. The summed E-state index contributed by atoms with van der Waals surface area (Å²) < 4.78 is 199. The van der Waals surface area contributed by atoms with E-state index < -0.39 is 145 Å². The van der Waals surface area contributed by atoms with Crippen molar-refractivity contribution in [2.24, 2.45) is 0 Å². The van der Waals surface area contributed by atoms with Gasteiger partial charge < -0.3 is 10.6 Å². The minimum absolute atomic E-state index is 0.0894. The summed E-state index contributed by atoms with van der Waals surface area (Å²) in [5, 5.41) is 4.58. The highest BCUT2D eigenvalue weighted by atomic mass is 79.9.